The van der Waals surface area contributed by atoms with Crippen molar-refractivity contribution in [3.63, 3.8) is 0 Å². The number of anilines is 2. The van der Waals surface area contributed by atoms with Crippen molar-refractivity contribution in [3.05, 3.63) is 89.5 Å². The molecule has 2 aliphatic heterocycles. The zero-order valence-corrected chi connectivity index (χ0v) is 25.1. The predicted octanol–water partition coefficient (Wildman–Crippen LogP) is 3.38. The summed E-state index contributed by atoms with van der Waals surface area (Å²) in [4.78, 5) is 30.8. The Morgan fingerprint density at radius 3 is 2.16 bits per heavy atom. The van der Waals surface area contributed by atoms with Crippen LogP contribution in [0.5, 0.6) is 5.75 Å². The molecule has 13 nitrogen and oxygen atoms in total. The number of aliphatic hydroxyl groups excluding tert-OH is 1. The number of nitrogens with one attached hydrogen (secondary N) is 2. The molecule has 242 valence electrons. The van der Waals surface area contributed by atoms with Gasteiger partial charge in [0.25, 0.3) is 0 Å². The van der Waals surface area contributed by atoms with Crippen LogP contribution in [0.3, 0.4) is 0 Å². The minimum absolute atomic E-state index is 0. The van der Waals surface area contributed by atoms with Crippen LogP contribution in [-0.4, -0.2) is 71.2 Å². The van der Waals surface area contributed by atoms with E-state index >= 15 is 0 Å². The third-order valence-electron chi connectivity index (χ3n) is 7.73. The van der Waals surface area contributed by atoms with E-state index in [9.17, 15) is 41.6 Å². The van der Waals surface area contributed by atoms with Crippen LogP contribution in [0, 0.1) is 17.6 Å². The van der Waals surface area contributed by atoms with Crippen LogP contribution >= 0.6 is 0 Å². The molecule has 0 saturated carbocycles. The second-order valence-electron chi connectivity index (χ2n) is 10.6. The number of hydrazine groups is 1. The third-order valence-corrected chi connectivity index (χ3v) is 8.21. The predicted molar refractivity (Wildman–Crippen MR) is 160 cm³/mol. The van der Waals surface area contributed by atoms with Crippen LogP contribution in [0.2, 0.25) is 0 Å². The van der Waals surface area contributed by atoms with Crippen LogP contribution in [0.15, 0.2) is 66.7 Å². The van der Waals surface area contributed by atoms with Gasteiger partial charge in [0.05, 0.1) is 18.1 Å². The Kier molecular flexibility index (Phi) is 10.4. The number of carbonyl (C=O) groups is 2. The first kappa shape index (κ1) is 33.7. The van der Waals surface area contributed by atoms with Gasteiger partial charge in [0.15, 0.2) is 10.3 Å². The number of rotatable bonds is 9. The number of aliphatic hydroxyl groups is 1. The quantitative estimate of drug-likeness (QED) is 0.172. The van der Waals surface area contributed by atoms with Gasteiger partial charge in [-0.3, -0.25) is 4.79 Å². The van der Waals surface area contributed by atoms with Gasteiger partial charge in [0.1, 0.15) is 17.4 Å². The van der Waals surface area contributed by atoms with Crippen molar-refractivity contribution in [1.29, 1.82) is 0 Å². The Labute approximate surface area is 258 Å². The number of amides is 3. The third kappa shape index (κ3) is 7.91. The molecule has 5 rings (SSSR count). The van der Waals surface area contributed by atoms with Crippen LogP contribution < -0.4 is 21.2 Å². The first-order valence-corrected chi connectivity index (χ1v) is 15.2. The average molecular weight is 649 g/mol. The standard InChI is InChI=1S/C29H31F2N5O7S.H3N/c30-19-3-1-18(2-4-19)25(37)12-11-24-27(36(28(24)39)22-8-5-20(31)6-9-22)23-10-7-21(17-26(23)38)32-29(40)34-13-15-35(16-14-34)33-44(41,42)43;/h1-10,17,24-25,27,33,37-38H,11-16H2,(H,32,40)(H,41,42,43);1H3. The van der Waals surface area contributed by atoms with Gasteiger partial charge >= 0.3 is 6.03 Å². The first-order chi connectivity index (χ1) is 20.9. The summed E-state index contributed by atoms with van der Waals surface area (Å²) < 4.78 is 59.6. The molecule has 2 aliphatic rings. The van der Waals surface area contributed by atoms with E-state index < -0.39 is 46.0 Å². The number of halogens is 2. The summed E-state index contributed by atoms with van der Waals surface area (Å²) >= 11 is 0. The zero-order chi connectivity index (χ0) is 31.6. The summed E-state index contributed by atoms with van der Waals surface area (Å²) in [5.41, 5.74) is 1.57. The lowest BCUT2D eigenvalue weighted by atomic mass is 9.78. The highest BCUT2D eigenvalue weighted by atomic mass is 32.2. The molecule has 16 heteroatoms. The lowest BCUT2D eigenvalue weighted by molar-refractivity contribution is -0.131. The molecular formula is C29H34F2N6O7S. The minimum Gasteiger partial charge on any atom is -0.734 e. The summed E-state index contributed by atoms with van der Waals surface area (Å²) in [5.74, 6) is -2.03. The second kappa shape index (κ2) is 13.8. The van der Waals surface area contributed by atoms with Crippen molar-refractivity contribution in [1.82, 2.24) is 20.9 Å². The number of aromatic hydroxyl groups is 1. The smallest absolute Gasteiger partial charge is 0.321 e. The molecule has 2 heterocycles. The number of carbonyl (C=O) groups excluding carboxylic acids is 2. The molecule has 3 atom stereocenters. The molecule has 0 aliphatic carbocycles. The molecule has 2 saturated heterocycles. The Morgan fingerprint density at radius 2 is 1.58 bits per heavy atom. The molecule has 0 bridgehead atoms. The maximum Gasteiger partial charge on any atom is 0.321 e. The van der Waals surface area contributed by atoms with Crippen molar-refractivity contribution < 1.29 is 41.6 Å². The second-order valence-corrected chi connectivity index (χ2v) is 11.7. The highest BCUT2D eigenvalue weighted by molar-refractivity contribution is 7.83. The highest BCUT2D eigenvalue weighted by Crippen LogP contribution is 2.49. The molecule has 3 amide bonds. The van der Waals surface area contributed by atoms with E-state index in [2.05, 4.69) is 5.32 Å². The number of quaternary nitrogens is 1. The summed E-state index contributed by atoms with van der Waals surface area (Å²) in [7, 11) is -4.66. The minimum atomic E-state index is -4.66. The molecule has 3 aromatic rings. The lowest BCUT2D eigenvalue weighted by Crippen LogP contribution is -2.55. The average Bonchev–Trinajstić information content (AvgIpc) is 2.97. The number of benzene rings is 3. The Morgan fingerprint density at radius 1 is 0.978 bits per heavy atom. The molecule has 0 aromatic heterocycles. The molecule has 8 N–H and O–H groups in total. The van der Waals surface area contributed by atoms with Crippen molar-refractivity contribution in [3.8, 4) is 5.75 Å². The maximum absolute atomic E-state index is 13.6. The topological polar surface area (TPSA) is 202 Å². The molecular weight excluding hydrogens is 614 g/mol. The Hall–Kier alpha value is -4.19. The van der Waals surface area contributed by atoms with Crippen molar-refractivity contribution in [2.45, 2.75) is 25.0 Å². The number of urea groups is 1. The van der Waals surface area contributed by atoms with Gasteiger partial charge in [-0.15, -0.1) is 0 Å². The van der Waals surface area contributed by atoms with Gasteiger partial charge in [-0.25, -0.2) is 27.0 Å². The van der Waals surface area contributed by atoms with E-state index in [4.69, 9.17) is 0 Å². The monoisotopic (exact) mass is 648 g/mol. The van der Waals surface area contributed by atoms with Gasteiger partial charge in [-0.2, -0.15) is 4.83 Å². The summed E-state index contributed by atoms with van der Waals surface area (Å²) in [6, 6.07) is 14.1. The maximum atomic E-state index is 13.6. The fourth-order valence-corrected chi connectivity index (χ4v) is 6.00. The Bertz CT molecular complexity index is 1620. The first-order valence-electron chi connectivity index (χ1n) is 13.8. The van der Waals surface area contributed by atoms with Gasteiger partial charge in [0, 0.05) is 49.2 Å². The number of hydrogen-bond donors (Lipinski definition) is 5. The van der Waals surface area contributed by atoms with Gasteiger partial charge in [-0.05, 0) is 60.9 Å². The molecule has 0 radical (unpaired) electrons. The largest absolute Gasteiger partial charge is 0.734 e. The van der Waals surface area contributed by atoms with E-state index in [-0.39, 0.29) is 62.5 Å². The summed E-state index contributed by atoms with van der Waals surface area (Å²) in [6.45, 7) is 0.484. The van der Waals surface area contributed by atoms with E-state index in [0.717, 1.165) is 0 Å². The summed E-state index contributed by atoms with van der Waals surface area (Å²) in [6.07, 6.45) is -0.516. The summed E-state index contributed by atoms with van der Waals surface area (Å²) in [5, 5.41) is 25.6. The molecule has 45 heavy (non-hydrogen) atoms. The number of β-lactam (4-membered cyclic amide) rings is 1. The highest BCUT2D eigenvalue weighted by Gasteiger charge is 2.49. The van der Waals surface area contributed by atoms with E-state index in [0.29, 0.717) is 16.8 Å². The molecule has 3 unspecified atom stereocenters. The SMILES string of the molecule is O=C(Nc1ccc(C2C(CCC(O)c3ccc(F)cc3)C(=O)N2c2ccc(F)cc2)c(O)c1)N1CCN(NS(=O)(=O)[O-])CC1.[NH4+]. The number of piperazine rings is 1. The number of hydrogen-bond acceptors (Lipinski definition) is 8. The number of phenols is 1. The van der Waals surface area contributed by atoms with E-state index in [1.54, 1.807) is 12.1 Å². The van der Waals surface area contributed by atoms with E-state index in [1.807, 2.05) is 4.83 Å². The zero-order valence-electron chi connectivity index (χ0n) is 24.3. The van der Waals surface area contributed by atoms with Crippen LogP contribution in [0.1, 0.15) is 36.1 Å². The molecule has 3 aromatic carbocycles. The molecule has 0 spiro atoms. The van der Waals surface area contributed by atoms with Crippen LogP contribution in [0.4, 0.5) is 25.0 Å². The van der Waals surface area contributed by atoms with Crippen molar-refractivity contribution >= 4 is 33.6 Å². The van der Waals surface area contributed by atoms with Gasteiger partial charge in [0.2, 0.25) is 5.91 Å². The normalized spacial score (nSPS) is 19.4. The number of nitrogens with zero attached hydrogens (tertiary/aromatic N) is 3. The lowest BCUT2D eigenvalue weighted by Gasteiger charge is -2.48. The fraction of sp³-hybridized carbons (Fsp3) is 0.310. The van der Waals surface area contributed by atoms with Crippen molar-refractivity contribution in [2.75, 3.05) is 36.4 Å². The molecule has 2 fully saturated rings. The number of phenolic OH excluding ortho intramolecular Hbond substituents is 1. The fourth-order valence-electron chi connectivity index (χ4n) is 5.50. The van der Waals surface area contributed by atoms with Gasteiger partial charge < -0.3 is 36.0 Å². The van der Waals surface area contributed by atoms with E-state index in [1.165, 1.54) is 69.4 Å². The Balaban J connectivity index is 0.00000461. The van der Waals surface area contributed by atoms with Crippen LogP contribution in [0.25, 0.3) is 0 Å². The van der Waals surface area contributed by atoms with Gasteiger partial charge in [-0.1, -0.05) is 18.2 Å². The van der Waals surface area contributed by atoms with Crippen LogP contribution in [-0.2, 0) is 15.1 Å². The van der Waals surface area contributed by atoms with Crippen molar-refractivity contribution in [2.24, 2.45) is 5.92 Å².